The van der Waals surface area contributed by atoms with E-state index in [-0.39, 0.29) is 0 Å². The molecule has 0 saturated heterocycles. The molecular formula is C11H24N2O. The molecule has 0 aromatic rings. The summed E-state index contributed by atoms with van der Waals surface area (Å²) >= 11 is 0. The van der Waals surface area contributed by atoms with Gasteiger partial charge in [-0.15, -0.1) is 0 Å². The fourth-order valence-corrected chi connectivity index (χ4v) is 1.93. The van der Waals surface area contributed by atoms with Crippen LogP contribution in [0.25, 0.3) is 0 Å². The van der Waals surface area contributed by atoms with Crippen molar-refractivity contribution >= 4 is 0 Å². The van der Waals surface area contributed by atoms with Gasteiger partial charge in [-0.05, 0) is 25.9 Å². The summed E-state index contributed by atoms with van der Waals surface area (Å²) in [6, 6.07) is 0. The maximum atomic E-state index is 5.57. The highest BCUT2D eigenvalue weighted by Gasteiger charge is 2.15. The predicted octanol–water partition coefficient (Wildman–Crippen LogP) is 1.79. The molecule has 3 nitrogen and oxygen atoms in total. The van der Waals surface area contributed by atoms with Crippen molar-refractivity contribution in [2.24, 2.45) is 0 Å². The molecule has 0 aromatic carbocycles. The molecule has 1 aliphatic rings. The highest BCUT2D eigenvalue weighted by molar-refractivity contribution is 4.65. The fourth-order valence-electron chi connectivity index (χ4n) is 1.93. The molecule has 3 heteroatoms. The van der Waals surface area contributed by atoms with Crippen LogP contribution in [-0.4, -0.2) is 37.2 Å². The Morgan fingerprint density at radius 2 is 1.86 bits per heavy atom. The van der Waals surface area contributed by atoms with Crippen LogP contribution in [0.2, 0.25) is 0 Å². The molecule has 84 valence electrons. The van der Waals surface area contributed by atoms with E-state index in [9.17, 15) is 0 Å². The van der Waals surface area contributed by atoms with E-state index in [4.69, 9.17) is 4.84 Å². The molecule has 0 aliphatic heterocycles. The van der Waals surface area contributed by atoms with E-state index < -0.39 is 0 Å². The first-order valence-electron chi connectivity index (χ1n) is 5.97. The maximum Gasteiger partial charge on any atom is 0.0790 e. The van der Waals surface area contributed by atoms with Gasteiger partial charge in [0.2, 0.25) is 0 Å². The number of nitrogens with zero attached hydrogens (tertiary/aromatic N) is 1. The lowest BCUT2D eigenvalue weighted by Crippen LogP contribution is -2.33. The van der Waals surface area contributed by atoms with Gasteiger partial charge < -0.3 is 4.90 Å². The highest BCUT2D eigenvalue weighted by Crippen LogP contribution is 2.19. The monoisotopic (exact) mass is 200 g/mol. The molecule has 0 atom stereocenters. The zero-order valence-electron chi connectivity index (χ0n) is 9.59. The minimum Gasteiger partial charge on any atom is -0.303 e. The van der Waals surface area contributed by atoms with E-state index in [0.29, 0.717) is 6.10 Å². The van der Waals surface area contributed by atoms with Gasteiger partial charge in [-0.3, -0.25) is 4.84 Å². The lowest BCUT2D eigenvalue weighted by molar-refractivity contribution is -0.0232. The number of hydrogen-bond acceptors (Lipinski definition) is 3. The van der Waals surface area contributed by atoms with E-state index in [1.54, 1.807) is 0 Å². The molecule has 14 heavy (non-hydrogen) atoms. The summed E-state index contributed by atoms with van der Waals surface area (Å²) in [5.74, 6) is 0. The Morgan fingerprint density at radius 3 is 2.43 bits per heavy atom. The van der Waals surface area contributed by atoms with E-state index in [0.717, 1.165) is 26.2 Å². The molecule has 1 N–H and O–H groups in total. The lowest BCUT2D eigenvalue weighted by atomic mass is 10.3. The standard InChI is InChI=1S/C11H24N2O/c1-3-13(4-2)10-9-12-14-11-7-5-6-8-11/h11-12H,3-10H2,1-2H3. The van der Waals surface area contributed by atoms with Crippen LogP contribution >= 0.6 is 0 Å². The van der Waals surface area contributed by atoms with E-state index in [1.807, 2.05) is 0 Å². The molecule has 1 saturated carbocycles. The van der Waals surface area contributed by atoms with Crippen molar-refractivity contribution in [2.45, 2.75) is 45.6 Å². The lowest BCUT2D eigenvalue weighted by Gasteiger charge is -2.19. The molecule has 0 amide bonds. The molecule has 0 radical (unpaired) electrons. The van der Waals surface area contributed by atoms with E-state index in [1.165, 1.54) is 25.7 Å². The third-order valence-electron chi connectivity index (χ3n) is 2.98. The third-order valence-corrected chi connectivity index (χ3v) is 2.98. The zero-order chi connectivity index (χ0) is 10.2. The second-order valence-electron chi connectivity index (χ2n) is 3.95. The van der Waals surface area contributed by atoms with Gasteiger partial charge in [0.25, 0.3) is 0 Å². The first-order valence-corrected chi connectivity index (χ1v) is 5.97. The first kappa shape index (κ1) is 12.0. The summed E-state index contributed by atoms with van der Waals surface area (Å²) in [6.45, 7) is 8.67. The van der Waals surface area contributed by atoms with Crippen molar-refractivity contribution in [2.75, 3.05) is 26.2 Å². The quantitative estimate of drug-likeness (QED) is 0.501. The minimum atomic E-state index is 0.478. The number of likely N-dealkylation sites (N-methyl/N-ethyl adjacent to an activating group) is 1. The fraction of sp³-hybridized carbons (Fsp3) is 1.00. The van der Waals surface area contributed by atoms with Crippen molar-refractivity contribution in [1.29, 1.82) is 0 Å². The van der Waals surface area contributed by atoms with Crippen molar-refractivity contribution in [1.82, 2.24) is 10.4 Å². The SMILES string of the molecule is CCN(CC)CCNOC1CCCC1. The predicted molar refractivity (Wildman–Crippen MR) is 59.1 cm³/mol. The van der Waals surface area contributed by atoms with E-state index >= 15 is 0 Å². The molecule has 0 unspecified atom stereocenters. The van der Waals surface area contributed by atoms with Gasteiger partial charge in [-0.25, -0.2) is 5.48 Å². The summed E-state index contributed by atoms with van der Waals surface area (Å²) in [5.41, 5.74) is 3.08. The summed E-state index contributed by atoms with van der Waals surface area (Å²) in [6.07, 6.45) is 5.62. The Morgan fingerprint density at radius 1 is 1.21 bits per heavy atom. The highest BCUT2D eigenvalue weighted by atomic mass is 16.7. The van der Waals surface area contributed by atoms with Gasteiger partial charge in [0.15, 0.2) is 0 Å². The molecule has 0 spiro atoms. The van der Waals surface area contributed by atoms with E-state index in [2.05, 4.69) is 24.2 Å². The number of rotatable bonds is 7. The smallest absolute Gasteiger partial charge is 0.0790 e. The van der Waals surface area contributed by atoms with Crippen molar-refractivity contribution in [3.63, 3.8) is 0 Å². The average molecular weight is 200 g/mol. The largest absolute Gasteiger partial charge is 0.303 e. The molecule has 1 rings (SSSR count). The van der Waals surface area contributed by atoms with Crippen LogP contribution < -0.4 is 5.48 Å². The number of nitrogens with one attached hydrogen (secondary N) is 1. The van der Waals surface area contributed by atoms with Crippen molar-refractivity contribution in [3.8, 4) is 0 Å². The molecule has 0 bridgehead atoms. The van der Waals surface area contributed by atoms with Crippen LogP contribution in [0.15, 0.2) is 0 Å². The number of hydrogen-bond donors (Lipinski definition) is 1. The third kappa shape index (κ3) is 4.40. The minimum absolute atomic E-state index is 0.478. The molecule has 1 fully saturated rings. The van der Waals surface area contributed by atoms with Gasteiger partial charge >= 0.3 is 0 Å². The van der Waals surface area contributed by atoms with Crippen LogP contribution in [0.3, 0.4) is 0 Å². The number of hydroxylamine groups is 1. The van der Waals surface area contributed by atoms with Crippen molar-refractivity contribution in [3.05, 3.63) is 0 Å². The molecular weight excluding hydrogens is 176 g/mol. The van der Waals surface area contributed by atoms with Gasteiger partial charge in [-0.2, -0.15) is 0 Å². The topological polar surface area (TPSA) is 24.5 Å². The first-order chi connectivity index (χ1) is 6.86. The maximum absolute atomic E-state index is 5.57. The Hall–Kier alpha value is -0.120. The van der Waals surface area contributed by atoms with Gasteiger partial charge in [0.05, 0.1) is 6.10 Å². The Kier molecular flexibility index (Phi) is 6.15. The van der Waals surface area contributed by atoms with Crippen LogP contribution in [0.5, 0.6) is 0 Å². The van der Waals surface area contributed by atoms with Crippen LogP contribution in [-0.2, 0) is 4.84 Å². The zero-order valence-corrected chi connectivity index (χ0v) is 9.59. The Labute approximate surface area is 87.8 Å². The normalized spacial score (nSPS) is 18.2. The molecule has 0 aromatic heterocycles. The summed E-state index contributed by atoms with van der Waals surface area (Å²) in [4.78, 5) is 7.96. The average Bonchev–Trinajstić information content (AvgIpc) is 2.71. The van der Waals surface area contributed by atoms with Crippen LogP contribution in [0.4, 0.5) is 0 Å². The van der Waals surface area contributed by atoms with Crippen LogP contribution in [0, 0.1) is 0 Å². The molecule has 0 heterocycles. The Balaban J connectivity index is 1.92. The Bertz CT molecular complexity index is 127. The summed E-state index contributed by atoms with van der Waals surface area (Å²) < 4.78 is 0. The summed E-state index contributed by atoms with van der Waals surface area (Å²) in [7, 11) is 0. The second kappa shape index (κ2) is 7.21. The summed E-state index contributed by atoms with van der Waals surface area (Å²) in [5, 5.41) is 0. The molecule has 1 aliphatic carbocycles. The second-order valence-corrected chi connectivity index (χ2v) is 3.95. The van der Waals surface area contributed by atoms with Crippen molar-refractivity contribution < 1.29 is 4.84 Å². The van der Waals surface area contributed by atoms with Crippen LogP contribution in [0.1, 0.15) is 39.5 Å². The van der Waals surface area contributed by atoms with Gasteiger partial charge in [0, 0.05) is 13.1 Å². The van der Waals surface area contributed by atoms with Gasteiger partial charge in [-0.1, -0.05) is 26.7 Å². The van der Waals surface area contributed by atoms with Gasteiger partial charge in [0.1, 0.15) is 0 Å².